The molecule has 4 heteroatoms. The van der Waals surface area contributed by atoms with E-state index in [0.717, 1.165) is 11.3 Å². The number of pyridine rings is 1. The Morgan fingerprint density at radius 3 is 2.79 bits per heavy atom. The summed E-state index contributed by atoms with van der Waals surface area (Å²) in [6.45, 7) is -0.0595. The van der Waals surface area contributed by atoms with E-state index in [9.17, 15) is 4.79 Å². The first kappa shape index (κ1) is 13.3. The molecule has 0 unspecified atom stereocenters. The van der Waals surface area contributed by atoms with Crippen molar-refractivity contribution in [2.75, 3.05) is 0 Å². The minimum absolute atomic E-state index is 0.0595. The van der Waals surface area contributed by atoms with E-state index in [1.807, 2.05) is 48.6 Å². The van der Waals surface area contributed by atoms with E-state index in [1.54, 1.807) is 16.8 Å². The number of carboxylic acid groups (broad SMARTS) is 1. The normalized spacial score (nSPS) is 10.8. The summed E-state index contributed by atoms with van der Waals surface area (Å²) in [6, 6.07) is 13.0. The molecule has 0 spiro atoms. The highest BCUT2D eigenvalue weighted by molar-refractivity contribution is 6.30. The number of hydrogen-bond acceptors (Lipinski definition) is 1. The Morgan fingerprint density at radius 1 is 1.21 bits per heavy atom. The predicted octanol–water partition coefficient (Wildman–Crippen LogP) is 2.88. The first-order chi connectivity index (χ1) is 9.15. The molecule has 19 heavy (non-hydrogen) atoms. The topological polar surface area (TPSA) is 41.2 Å². The highest BCUT2D eigenvalue weighted by atomic mass is 35.5. The second-order valence-corrected chi connectivity index (χ2v) is 4.47. The van der Waals surface area contributed by atoms with Crippen molar-refractivity contribution >= 4 is 29.7 Å². The van der Waals surface area contributed by atoms with E-state index >= 15 is 0 Å². The van der Waals surface area contributed by atoms with E-state index in [1.165, 1.54) is 0 Å². The number of carbonyl (C=O) groups is 1. The molecule has 0 aliphatic carbocycles. The molecule has 0 saturated heterocycles. The quantitative estimate of drug-likeness (QED) is 0.871. The lowest BCUT2D eigenvalue weighted by Crippen LogP contribution is -2.40. The minimum Gasteiger partial charge on any atom is -0.477 e. The van der Waals surface area contributed by atoms with Crippen LogP contribution in [0.15, 0.2) is 48.7 Å². The maximum atomic E-state index is 10.8. The Hall–Kier alpha value is -2.13. The molecule has 96 valence electrons. The number of hydrogen-bond donors (Lipinski definition) is 1. The molecule has 1 N–H and O–H groups in total. The zero-order valence-corrected chi connectivity index (χ0v) is 10.9. The molecule has 0 aliphatic rings. The molecule has 0 amide bonds. The van der Waals surface area contributed by atoms with Crippen molar-refractivity contribution in [1.82, 2.24) is 0 Å². The summed E-state index contributed by atoms with van der Waals surface area (Å²) in [4.78, 5) is 10.8. The summed E-state index contributed by atoms with van der Waals surface area (Å²) in [5, 5.41) is 9.53. The minimum atomic E-state index is -0.867. The number of benzene rings is 1. The van der Waals surface area contributed by atoms with Crippen LogP contribution in [0.4, 0.5) is 0 Å². The summed E-state index contributed by atoms with van der Waals surface area (Å²) in [5.74, 6) is -0.867. The molecule has 0 atom stereocenters. The Bertz CT molecular complexity index is 623. The maximum absolute atomic E-state index is 10.8. The zero-order chi connectivity index (χ0) is 13.7. The van der Waals surface area contributed by atoms with Crippen molar-refractivity contribution in [2.45, 2.75) is 6.54 Å². The van der Waals surface area contributed by atoms with E-state index in [2.05, 4.69) is 0 Å². The van der Waals surface area contributed by atoms with Gasteiger partial charge in [-0.15, -0.1) is 0 Å². The van der Waals surface area contributed by atoms with Crippen LogP contribution in [0, 0.1) is 0 Å². The van der Waals surface area contributed by atoms with Gasteiger partial charge in [-0.3, -0.25) is 0 Å². The molecule has 0 saturated carbocycles. The fraction of sp³-hybridized carbons (Fsp3) is 0.0667. The molecular weight excluding hydrogens is 262 g/mol. The molecule has 2 rings (SSSR count). The summed E-state index contributed by atoms with van der Waals surface area (Å²) in [7, 11) is 0. The lowest BCUT2D eigenvalue weighted by atomic mass is 10.2. The van der Waals surface area contributed by atoms with Crippen molar-refractivity contribution in [3.05, 3.63) is 64.9 Å². The van der Waals surface area contributed by atoms with Gasteiger partial charge in [-0.05, 0) is 29.8 Å². The van der Waals surface area contributed by atoms with Crippen LogP contribution in [0.25, 0.3) is 12.2 Å². The van der Waals surface area contributed by atoms with E-state index in [0.29, 0.717) is 5.02 Å². The van der Waals surface area contributed by atoms with Gasteiger partial charge in [0.25, 0.3) is 0 Å². The Morgan fingerprint density at radius 2 is 2.05 bits per heavy atom. The predicted molar refractivity (Wildman–Crippen MR) is 74.7 cm³/mol. The number of rotatable bonds is 4. The van der Waals surface area contributed by atoms with Gasteiger partial charge in [-0.2, -0.15) is 4.57 Å². The van der Waals surface area contributed by atoms with E-state index in [4.69, 9.17) is 16.7 Å². The van der Waals surface area contributed by atoms with Crippen LogP contribution in [0.3, 0.4) is 0 Å². The van der Waals surface area contributed by atoms with Crippen LogP contribution in [-0.2, 0) is 11.3 Å². The average molecular weight is 275 g/mol. The summed E-state index contributed by atoms with van der Waals surface area (Å²) in [5.41, 5.74) is 1.79. The average Bonchev–Trinajstić information content (AvgIpc) is 2.37. The van der Waals surface area contributed by atoms with Gasteiger partial charge in [0, 0.05) is 23.2 Å². The second kappa shape index (κ2) is 6.16. The SMILES string of the molecule is O=C(O)C[n+]1ccccc1/C=C/c1cccc(Cl)c1. The monoisotopic (exact) mass is 274 g/mol. The summed E-state index contributed by atoms with van der Waals surface area (Å²) < 4.78 is 1.67. The van der Waals surface area contributed by atoms with E-state index in [-0.39, 0.29) is 6.54 Å². The van der Waals surface area contributed by atoms with Gasteiger partial charge in [-0.1, -0.05) is 23.7 Å². The Kier molecular flexibility index (Phi) is 4.31. The standard InChI is InChI=1S/C15H12ClNO2/c16-13-5-3-4-12(10-13)7-8-14-6-1-2-9-17(14)11-15(18)19/h1-10H,11H2/p+1/b8-7+. The van der Waals surface area contributed by atoms with Crippen molar-refractivity contribution < 1.29 is 14.5 Å². The van der Waals surface area contributed by atoms with Crippen LogP contribution in [0.1, 0.15) is 11.3 Å². The van der Waals surface area contributed by atoms with Gasteiger partial charge in [-0.25, -0.2) is 4.79 Å². The number of aromatic nitrogens is 1. The second-order valence-electron chi connectivity index (χ2n) is 4.04. The highest BCUT2D eigenvalue weighted by Gasteiger charge is 2.10. The maximum Gasteiger partial charge on any atom is 0.370 e. The molecule has 0 aliphatic heterocycles. The van der Waals surface area contributed by atoms with Crippen molar-refractivity contribution in [2.24, 2.45) is 0 Å². The van der Waals surface area contributed by atoms with Crippen LogP contribution in [0.5, 0.6) is 0 Å². The van der Waals surface area contributed by atoms with Gasteiger partial charge < -0.3 is 5.11 Å². The van der Waals surface area contributed by atoms with Gasteiger partial charge in [0.05, 0.1) is 0 Å². The van der Waals surface area contributed by atoms with E-state index < -0.39 is 5.97 Å². The smallest absolute Gasteiger partial charge is 0.370 e. The molecule has 0 bridgehead atoms. The molecule has 1 heterocycles. The Labute approximate surface area is 116 Å². The van der Waals surface area contributed by atoms with Crippen molar-refractivity contribution in [3.8, 4) is 0 Å². The number of nitrogens with zero attached hydrogens (tertiary/aromatic N) is 1. The van der Waals surface area contributed by atoms with Gasteiger partial charge in [0.2, 0.25) is 12.2 Å². The van der Waals surface area contributed by atoms with Crippen LogP contribution in [-0.4, -0.2) is 11.1 Å². The van der Waals surface area contributed by atoms with Gasteiger partial charge in [0.15, 0.2) is 6.20 Å². The molecule has 0 radical (unpaired) electrons. The fourth-order valence-electron chi connectivity index (χ4n) is 1.72. The van der Waals surface area contributed by atoms with Gasteiger partial charge >= 0.3 is 5.97 Å². The van der Waals surface area contributed by atoms with Gasteiger partial charge in [0.1, 0.15) is 0 Å². The van der Waals surface area contributed by atoms with Crippen LogP contribution in [0.2, 0.25) is 5.02 Å². The first-order valence-electron chi connectivity index (χ1n) is 5.79. The summed E-state index contributed by atoms with van der Waals surface area (Å²) in [6.07, 6.45) is 5.51. The number of halogens is 1. The Balaban J connectivity index is 2.25. The molecule has 1 aromatic carbocycles. The zero-order valence-electron chi connectivity index (χ0n) is 10.2. The fourth-order valence-corrected chi connectivity index (χ4v) is 1.92. The third-order valence-electron chi connectivity index (χ3n) is 2.58. The molecule has 0 fully saturated rings. The van der Waals surface area contributed by atoms with Crippen molar-refractivity contribution in [3.63, 3.8) is 0 Å². The van der Waals surface area contributed by atoms with Crippen LogP contribution >= 0.6 is 11.6 Å². The molecular formula is C15H13ClNO2+. The third-order valence-corrected chi connectivity index (χ3v) is 2.81. The molecule has 3 nitrogen and oxygen atoms in total. The molecule has 2 aromatic rings. The first-order valence-corrected chi connectivity index (χ1v) is 6.17. The lowest BCUT2D eigenvalue weighted by molar-refractivity contribution is -0.687. The molecule has 1 aromatic heterocycles. The number of aliphatic carboxylic acids is 1. The summed E-state index contributed by atoms with van der Waals surface area (Å²) >= 11 is 5.91. The van der Waals surface area contributed by atoms with Crippen molar-refractivity contribution in [1.29, 1.82) is 0 Å². The number of carboxylic acids is 1. The highest BCUT2D eigenvalue weighted by Crippen LogP contribution is 2.12. The lowest BCUT2D eigenvalue weighted by Gasteiger charge is -1.97. The largest absolute Gasteiger partial charge is 0.477 e. The third kappa shape index (κ3) is 3.93. The van der Waals surface area contributed by atoms with Crippen LogP contribution < -0.4 is 4.57 Å².